The summed E-state index contributed by atoms with van der Waals surface area (Å²) in [5, 5.41) is 4.74. The maximum absolute atomic E-state index is 6.00. The van der Waals surface area contributed by atoms with Gasteiger partial charge in [-0.25, -0.2) is 0 Å². The molecule has 1 aromatic carbocycles. The molecule has 4 nitrogen and oxygen atoms in total. The Labute approximate surface area is 124 Å². The molecular formula is C13H14BrN3OS. The minimum atomic E-state index is 0.575. The number of nitrogen functional groups attached to an aromatic ring is 1. The van der Waals surface area contributed by atoms with E-state index in [2.05, 4.69) is 39.2 Å². The maximum Gasteiger partial charge on any atom is 0.129 e. The molecule has 0 atom stereocenters. The van der Waals surface area contributed by atoms with Gasteiger partial charge in [0, 0.05) is 22.0 Å². The van der Waals surface area contributed by atoms with E-state index in [1.807, 2.05) is 18.8 Å². The van der Waals surface area contributed by atoms with Gasteiger partial charge in [0.2, 0.25) is 0 Å². The fraction of sp³-hybridized carbons (Fsp3) is 0.308. The number of thioether (sulfide) groups is 1. The first-order chi connectivity index (χ1) is 9.15. The second-order valence-corrected chi connectivity index (χ2v) is 6.69. The van der Waals surface area contributed by atoms with Crippen LogP contribution in [0.25, 0.3) is 11.1 Å². The lowest BCUT2D eigenvalue weighted by Gasteiger charge is -2.25. The number of aromatic nitrogens is 2. The van der Waals surface area contributed by atoms with Crippen LogP contribution in [-0.4, -0.2) is 28.2 Å². The van der Waals surface area contributed by atoms with E-state index >= 15 is 0 Å². The smallest absolute Gasteiger partial charge is 0.129 e. The molecule has 0 radical (unpaired) electrons. The summed E-state index contributed by atoms with van der Waals surface area (Å²) in [6.45, 7) is 1.68. The van der Waals surface area contributed by atoms with Gasteiger partial charge in [-0.05, 0) is 33.6 Å². The Kier molecular flexibility index (Phi) is 3.56. The van der Waals surface area contributed by atoms with E-state index < -0.39 is 0 Å². The van der Waals surface area contributed by atoms with E-state index in [-0.39, 0.29) is 0 Å². The highest BCUT2D eigenvalue weighted by Crippen LogP contribution is 2.36. The molecule has 2 heterocycles. The Balaban J connectivity index is 1.88. The Bertz CT molecular complexity index is 610. The molecule has 0 spiro atoms. The summed E-state index contributed by atoms with van der Waals surface area (Å²) < 4.78 is 7.96. The van der Waals surface area contributed by atoms with Crippen molar-refractivity contribution in [3.63, 3.8) is 0 Å². The van der Waals surface area contributed by atoms with Crippen molar-refractivity contribution < 1.29 is 4.74 Å². The fourth-order valence-electron chi connectivity index (χ4n) is 1.90. The molecule has 100 valence electrons. The van der Waals surface area contributed by atoms with Gasteiger partial charge in [-0.15, -0.1) is 11.8 Å². The molecule has 6 heteroatoms. The minimum absolute atomic E-state index is 0.575. The Hall–Kier alpha value is -0.980. The highest BCUT2D eigenvalue weighted by molar-refractivity contribution is 9.10. The number of rotatable bonds is 3. The fourth-order valence-corrected chi connectivity index (χ4v) is 3.56. The molecule has 3 rings (SSSR count). The van der Waals surface area contributed by atoms with Crippen molar-refractivity contribution >= 4 is 33.5 Å². The van der Waals surface area contributed by atoms with Crippen molar-refractivity contribution in [3.8, 4) is 11.1 Å². The van der Waals surface area contributed by atoms with Gasteiger partial charge in [0.05, 0.1) is 24.7 Å². The van der Waals surface area contributed by atoms with Crippen LogP contribution in [0, 0.1) is 0 Å². The molecule has 0 unspecified atom stereocenters. The van der Waals surface area contributed by atoms with Crippen molar-refractivity contribution in [3.05, 3.63) is 28.9 Å². The van der Waals surface area contributed by atoms with E-state index in [4.69, 9.17) is 10.5 Å². The first-order valence-corrected chi connectivity index (χ1v) is 7.64. The molecular weight excluding hydrogens is 326 g/mol. The summed E-state index contributed by atoms with van der Waals surface area (Å²) in [5.41, 5.74) is 8.04. The van der Waals surface area contributed by atoms with Crippen molar-refractivity contribution in [2.24, 2.45) is 7.05 Å². The van der Waals surface area contributed by atoms with Crippen LogP contribution in [0.5, 0.6) is 0 Å². The van der Waals surface area contributed by atoms with Gasteiger partial charge in [0.25, 0.3) is 0 Å². The third kappa shape index (κ3) is 2.52. The summed E-state index contributed by atoms with van der Waals surface area (Å²) in [6, 6.07) is 6.30. The predicted octanol–water partition coefficient (Wildman–Crippen LogP) is 2.92. The van der Waals surface area contributed by atoms with Gasteiger partial charge >= 0.3 is 0 Å². The van der Waals surface area contributed by atoms with E-state index in [1.165, 1.54) is 4.90 Å². The molecule has 2 N–H and O–H groups in total. The molecule has 1 aromatic heterocycles. The first kappa shape index (κ1) is 13.0. The van der Waals surface area contributed by atoms with Crippen LogP contribution < -0.4 is 5.73 Å². The lowest BCUT2D eigenvalue weighted by Crippen LogP contribution is -2.30. The second-order valence-electron chi connectivity index (χ2n) is 4.49. The number of benzene rings is 1. The Morgan fingerprint density at radius 1 is 1.47 bits per heavy atom. The molecule has 0 saturated carbocycles. The van der Waals surface area contributed by atoms with Crippen molar-refractivity contribution in [1.29, 1.82) is 0 Å². The largest absolute Gasteiger partial charge is 0.383 e. The van der Waals surface area contributed by atoms with Crippen LogP contribution in [0.2, 0.25) is 0 Å². The zero-order valence-corrected chi connectivity index (χ0v) is 12.9. The summed E-state index contributed by atoms with van der Waals surface area (Å²) >= 11 is 5.47. The number of nitrogens with two attached hydrogens (primary N) is 1. The molecule has 2 aromatic rings. The molecule has 19 heavy (non-hydrogen) atoms. The third-order valence-electron chi connectivity index (χ3n) is 3.13. The molecule has 0 bridgehead atoms. The zero-order valence-electron chi connectivity index (χ0n) is 10.5. The highest BCUT2D eigenvalue weighted by atomic mass is 79.9. The normalized spacial score (nSPS) is 15.5. The molecule has 1 aliphatic rings. The van der Waals surface area contributed by atoms with E-state index in [0.717, 1.165) is 28.8 Å². The number of ether oxygens (including phenoxy) is 1. The van der Waals surface area contributed by atoms with E-state index in [0.29, 0.717) is 11.1 Å². The Morgan fingerprint density at radius 3 is 2.79 bits per heavy atom. The number of nitrogens with zero attached hydrogens (tertiary/aromatic N) is 2. The van der Waals surface area contributed by atoms with Crippen LogP contribution in [0.1, 0.15) is 0 Å². The average Bonchev–Trinajstić information content (AvgIpc) is 2.66. The topological polar surface area (TPSA) is 53.1 Å². The number of hydrogen-bond donors (Lipinski definition) is 1. The quantitative estimate of drug-likeness (QED) is 0.933. The number of aryl methyl sites for hydroxylation is 1. The summed E-state index contributed by atoms with van der Waals surface area (Å²) in [5.74, 6) is 0.680. The zero-order chi connectivity index (χ0) is 13.4. The highest BCUT2D eigenvalue weighted by Gasteiger charge is 2.20. The monoisotopic (exact) mass is 339 g/mol. The van der Waals surface area contributed by atoms with Crippen LogP contribution in [0.4, 0.5) is 5.82 Å². The van der Waals surface area contributed by atoms with Crippen LogP contribution in [0.3, 0.4) is 0 Å². The lowest BCUT2D eigenvalue weighted by atomic mass is 10.1. The molecule has 1 fully saturated rings. The van der Waals surface area contributed by atoms with Gasteiger partial charge < -0.3 is 10.5 Å². The summed E-state index contributed by atoms with van der Waals surface area (Å²) in [6.07, 6.45) is 1.80. The molecule has 1 saturated heterocycles. The number of anilines is 1. The van der Waals surface area contributed by atoms with Crippen molar-refractivity contribution in [2.75, 3.05) is 18.9 Å². The Morgan fingerprint density at radius 2 is 2.26 bits per heavy atom. The molecule has 0 aliphatic carbocycles. The van der Waals surface area contributed by atoms with Gasteiger partial charge in [0.15, 0.2) is 0 Å². The molecule has 1 aliphatic heterocycles. The number of hydrogen-bond acceptors (Lipinski definition) is 4. The summed E-state index contributed by atoms with van der Waals surface area (Å²) in [4.78, 5) is 1.24. The van der Waals surface area contributed by atoms with E-state index in [1.54, 1.807) is 10.9 Å². The first-order valence-electron chi connectivity index (χ1n) is 5.97. The lowest BCUT2D eigenvalue weighted by molar-refractivity contribution is 0.0455. The van der Waals surface area contributed by atoms with Crippen LogP contribution >= 0.6 is 27.7 Å². The average molecular weight is 340 g/mol. The van der Waals surface area contributed by atoms with E-state index in [9.17, 15) is 0 Å². The van der Waals surface area contributed by atoms with Gasteiger partial charge in [-0.3, -0.25) is 4.68 Å². The van der Waals surface area contributed by atoms with Gasteiger partial charge in [-0.2, -0.15) is 5.10 Å². The second kappa shape index (κ2) is 5.19. The van der Waals surface area contributed by atoms with Gasteiger partial charge in [0.1, 0.15) is 5.82 Å². The third-order valence-corrected chi connectivity index (χ3v) is 5.26. The van der Waals surface area contributed by atoms with Crippen molar-refractivity contribution in [1.82, 2.24) is 9.78 Å². The molecule has 0 amide bonds. The SMILES string of the molecule is Cn1ncc(-c2ccc(SC3COC3)c(Br)c2)c1N. The van der Waals surface area contributed by atoms with Gasteiger partial charge in [-0.1, -0.05) is 6.07 Å². The number of halogens is 1. The van der Waals surface area contributed by atoms with Crippen LogP contribution in [0.15, 0.2) is 33.8 Å². The van der Waals surface area contributed by atoms with Crippen molar-refractivity contribution in [2.45, 2.75) is 10.1 Å². The van der Waals surface area contributed by atoms with Crippen LogP contribution in [-0.2, 0) is 11.8 Å². The standard InChI is InChI=1S/C13H14BrN3OS/c1-17-13(15)10(5-16-17)8-2-3-12(11(14)4-8)19-9-6-18-7-9/h2-5,9H,6-7,15H2,1H3. The predicted molar refractivity (Wildman–Crippen MR) is 81.2 cm³/mol. The minimum Gasteiger partial charge on any atom is -0.383 e. The maximum atomic E-state index is 6.00. The summed E-state index contributed by atoms with van der Waals surface area (Å²) in [7, 11) is 1.84.